The van der Waals surface area contributed by atoms with Crippen LogP contribution in [0.15, 0.2) is 46.5 Å². The van der Waals surface area contributed by atoms with Crippen LogP contribution >= 0.6 is 23.4 Å². The summed E-state index contributed by atoms with van der Waals surface area (Å²) in [6, 6.07) is 12.1. The third-order valence-electron chi connectivity index (χ3n) is 5.03. The summed E-state index contributed by atoms with van der Waals surface area (Å²) in [6.07, 6.45) is 2.02. The summed E-state index contributed by atoms with van der Waals surface area (Å²) in [5.41, 5.74) is 7.81. The number of hydrogen-bond acceptors (Lipinski definition) is 5. The van der Waals surface area contributed by atoms with Gasteiger partial charge in [0.15, 0.2) is 0 Å². The van der Waals surface area contributed by atoms with Gasteiger partial charge in [-0.05, 0) is 54.3 Å². The molecule has 0 saturated carbocycles. The quantitative estimate of drug-likeness (QED) is 0.583. The van der Waals surface area contributed by atoms with Gasteiger partial charge in [-0.25, -0.2) is 5.43 Å². The number of nitrogens with one attached hydrogen (secondary N) is 1. The Hall–Kier alpha value is -2.51. The third kappa shape index (κ3) is 3.97. The van der Waals surface area contributed by atoms with E-state index in [0.717, 1.165) is 47.7 Å². The molecular weight excluding hydrogens is 408 g/mol. The molecule has 8 heteroatoms. The molecule has 0 spiro atoms. The summed E-state index contributed by atoms with van der Waals surface area (Å²) in [4.78, 5) is 18.1. The number of amides is 1. The molecule has 0 radical (unpaired) electrons. The van der Waals surface area contributed by atoms with Gasteiger partial charge in [0.05, 0.1) is 17.8 Å². The normalized spacial score (nSPS) is 16.8. The second-order valence-electron chi connectivity index (χ2n) is 6.74. The number of halogens is 1. The fourth-order valence-electron chi connectivity index (χ4n) is 3.67. The molecule has 2 aliphatic heterocycles. The van der Waals surface area contributed by atoms with Crippen LogP contribution in [0.1, 0.15) is 23.1 Å². The molecule has 150 valence electrons. The van der Waals surface area contributed by atoms with Crippen LogP contribution in [0.5, 0.6) is 5.75 Å². The Labute approximate surface area is 179 Å². The second-order valence-corrected chi connectivity index (χ2v) is 8.10. The smallest absolute Gasteiger partial charge is 0.299 e. The number of nitrogens with zero attached hydrogens (tertiary/aromatic N) is 3. The zero-order chi connectivity index (χ0) is 20.4. The minimum Gasteiger partial charge on any atom is -0.495 e. The van der Waals surface area contributed by atoms with Gasteiger partial charge in [-0.2, -0.15) is 5.10 Å². The van der Waals surface area contributed by atoms with Crippen molar-refractivity contribution in [3.8, 4) is 5.75 Å². The first-order chi connectivity index (χ1) is 14.1. The molecule has 1 N–H and O–H groups in total. The zero-order valence-electron chi connectivity index (χ0n) is 16.2. The maximum absolute atomic E-state index is 11.3. The summed E-state index contributed by atoms with van der Waals surface area (Å²) in [6.45, 7) is 0.884. The zero-order valence-corrected chi connectivity index (χ0v) is 17.8. The van der Waals surface area contributed by atoms with E-state index < -0.39 is 0 Å². The Morgan fingerprint density at radius 1 is 1.31 bits per heavy atom. The Morgan fingerprint density at radius 3 is 2.86 bits per heavy atom. The minimum atomic E-state index is -0.111. The van der Waals surface area contributed by atoms with E-state index in [4.69, 9.17) is 16.3 Å². The van der Waals surface area contributed by atoms with Crippen molar-refractivity contribution in [2.75, 3.05) is 31.4 Å². The highest BCUT2D eigenvalue weighted by molar-refractivity contribution is 8.14. The average molecular weight is 429 g/mol. The van der Waals surface area contributed by atoms with Crippen LogP contribution in [0.3, 0.4) is 0 Å². The molecule has 0 fully saturated rings. The molecule has 2 aliphatic rings. The molecule has 0 bridgehead atoms. The molecule has 2 aromatic rings. The number of thioether (sulfide) groups is 1. The first-order valence-corrected chi connectivity index (χ1v) is 10.7. The number of methoxy groups -OCH3 is 1. The number of hydrazone groups is 1. The summed E-state index contributed by atoms with van der Waals surface area (Å²) in [7, 11) is 3.40. The van der Waals surface area contributed by atoms with Crippen LogP contribution in [0.4, 0.5) is 10.5 Å². The Bertz CT molecular complexity index is 1020. The topological polar surface area (TPSA) is 66.3 Å². The van der Waals surface area contributed by atoms with Crippen molar-refractivity contribution in [1.82, 2.24) is 5.43 Å². The molecule has 0 saturated heterocycles. The number of anilines is 1. The molecule has 1 amide bonds. The molecule has 0 aromatic heterocycles. The monoisotopic (exact) mass is 428 g/mol. The van der Waals surface area contributed by atoms with Gasteiger partial charge in [0.2, 0.25) is 0 Å². The first-order valence-electron chi connectivity index (χ1n) is 9.31. The first kappa shape index (κ1) is 19.8. The van der Waals surface area contributed by atoms with Crippen molar-refractivity contribution in [1.29, 1.82) is 0 Å². The number of aliphatic imine (C=N–C) groups is 1. The van der Waals surface area contributed by atoms with Gasteiger partial charge in [-0.1, -0.05) is 29.4 Å². The number of benzene rings is 2. The number of carbonyl (C=O) groups excluding carboxylic acids is 1. The molecule has 0 atom stereocenters. The van der Waals surface area contributed by atoms with Crippen LogP contribution in [0.25, 0.3) is 0 Å². The van der Waals surface area contributed by atoms with Crippen molar-refractivity contribution >= 4 is 45.8 Å². The van der Waals surface area contributed by atoms with Crippen LogP contribution < -0.4 is 15.1 Å². The van der Waals surface area contributed by atoms with Gasteiger partial charge in [-0.3, -0.25) is 9.79 Å². The number of aryl methyl sites for hydroxylation is 1. The van der Waals surface area contributed by atoms with Crippen molar-refractivity contribution < 1.29 is 9.53 Å². The fraction of sp³-hybridized carbons (Fsp3) is 0.286. The van der Waals surface area contributed by atoms with E-state index in [2.05, 4.69) is 38.6 Å². The fourth-order valence-corrected chi connectivity index (χ4v) is 4.53. The van der Waals surface area contributed by atoms with Gasteiger partial charge in [0.25, 0.3) is 5.24 Å². The number of rotatable bonds is 3. The lowest BCUT2D eigenvalue weighted by Crippen LogP contribution is -2.36. The van der Waals surface area contributed by atoms with Gasteiger partial charge >= 0.3 is 0 Å². The van der Waals surface area contributed by atoms with Crippen molar-refractivity contribution in [3.63, 3.8) is 0 Å². The van der Waals surface area contributed by atoms with Gasteiger partial charge in [0, 0.05) is 30.6 Å². The maximum atomic E-state index is 11.3. The molecular formula is C21H21ClN4O2S. The van der Waals surface area contributed by atoms with Crippen LogP contribution in [0, 0.1) is 0 Å². The summed E-state index contributed by atoms with van der Waals surface area (Å²) in [5.74, 6) is 2.11. The van der Waals surface area contributed by atoms with Crippen molar-refractivity contribution in [3.05, 3.63) is 58.1 Å². The summed E-state index contributed by atoms with van der Waals surface area (Å²) < 4.78 is 5.27. The maximum Gasteiger partial charge on any atom is 0.299 e. The SMILES string of the molecule is CN=C(c1ccc(OC)c(Cl)c1)N1CCCc2cc(C3=NNC(=O)SC3)ccc21. The Kier molecular flexibility index (Phi) is 5.78. The van der Waals surface area contributed by atoms with E-state index in [-0.39, 0.29) is 5.24 Å². The second kappa shape index (κ2) is 8.47. The Morgan fingerprint density at radius 2 is 2.17 bits per heavy atom. The predicted octanol–water partition coefficient (Wildman–Crippen LogP) is 4.34. The third-order valence-corrected chi connectivity index (χ3v) is 6.10. The van der Waals surface area contributed by atoms with Gasteiger partial charge in [-0.15, -0.1) is 0 Å². The highest BCUT2D eigenvalue weighted by Gasteiger charge is 2.24. The van der Waals surface area contributed by atoms with Crippen molar-refractivity contribution in [2.45, 2.75) is 12.8 Å². The van der Waals surface area contributed by atoms with E-state index in [9.17, 15) is 4.79 Å². The highest BCUT2D eigenvalue weighted by atomic mass is 35.5. The number of hydrogen-bond donors (Lipinski definition) is 1. The Balaban J connectivity index is 1.67. The van der Waals surface area contributed by atoms with E-state index in [1.54, 1.807) is 14.2 Å². The van der Waals surface area contributed by atoms with E-state index in [0.29, 0.717) is 16.5 Å². The lowest BCUT2D eigenvalue weighted by molar-refractivity contribution is 0.261. The standard InChI is InChI=1S/C21H21ClN4O2S/c1-23-20(15-6-8-19(28-2)16(22)11-15)26-9-3-4-14-10-13(5-7-18(14)26)17-12-29-21(27)25-24-17/h5-8,10-11H,3-4,9,12H2,1-2H3,(H,25,27). The molecule has 2 heterocycles. The van der Waals surface area contributed by atoms with Crippen LogP contribution in [-0.2, 0) is 6.42 Å². The van der Waals surface area contributed by atoms with Crippen molar-refractivity contribution in [2.24, 2.45) is 10.1 Å². The van der Waals surface area contributed by atoms with E-state index in [1.807, 2.05) is 18.2 Å². The lowest BCUT2D eigenvalue weighted by atomic mass is 9.97. The molecule has 4 rings (SSSR count). The molecule has 2 aromatic carbocycles. The van der Waals surface area contributed by atoms with Crippen LogP contribution in [0.2, 0.25) is 5.02 Å². The van der Waals surface area contributed by atoms with Gasteiger partial charge in [0.1, 0.15) is 11.6 Å². The number of carbonyl (C=O) groups is 1. The summed E-state index contributed by atoms with van der Waals surface area (Å²) >= 11 is 7.58. The van der Waals surface area contributed by atoms with Gasteiger partial charge < -0.3 is 9.64 Å². The molecule has 6 nitrogen and oxygen atoms in total. The van der Waals surface area contributed by atoms with E-state index in [1.165, 1.54) is 17.3 Å². The average Bonchev–Trinajstić information content (AvgIpc) is 2.75. The molecule has 0 unspecified atom stereocenters. The molecule has 29 heavy (non-hydrogen) atoms. The van der Waals surface area contributed by atoms with Crippen LogP contribution in [-0.4, -0.2) is 43.2 Å². The number of amidine groups is 1. The van der Waals surface area contributed by atoms with E-state index >= 15 is 0 Å². The summed E-state index contributed by atoms with van der Waals surface area (Å²) in [5, 5.41) is 4.66. The number of fused-ring (bicyclic) bond motifs is 1. The predicted molar refractivity (Wildman–Crippen MR) is 120 cm³/mol. The minimum absolute atomic E-state index is 0.111. The highest BCUT2D eigenvalue weighted by Crippen LogP contribution is 2.32. The molecule has 0 aliphatic carbocycles. The largest absolute Gasteiger partial charge is 0.495 e. The number of ether oxygens (including phenoxy) is 1. The lowest BCUT2D eigenvalue weighted by Gasteiger charge is -2.32.